The second-order valence-corrected chi connectivity index (χ2v) is 11.1. The van der Waals surface area contributed by atoms with Gasteiger partial charge < -0.3 is 24.2 Å². The third-order valence-electron chi connectivity index (χ3n) is 8.24. The Morgan fingerprint density at radius 1 is 1.06 bits per heavy atom. The molecule has 0 aromatic rings. The van der Waals surface area contributed by atoms with E-state index in [1.54, 1.807) is 14.2 Å². The number of carbonyl (C=O) groups is 2. The molecule has 0 aromatic heterocycles. The van der Waals surface area contributed by atoms with Crippen LogP contribution in [0.2, 0.25) is 0 Å². The average molecular weight is 482 g/mol. The predicted octanol–water partition coefficient (Wildman–Crippen LogP) is 3.66. The Labute approximate surface area is 208 Å². The van der Waals surface area contributed by atoms with Crippen molar-refractivity contribution in [3.63, 3.8) is 0 Å². The van der Waals surface area contributed by atoms with Crippen molar-refractivity contribution in [1.29, 1.82) is 0 Å². The Kier molecular flexibility index (Phi) is 11.8. The molecule has 0 N–H and O–H groups in total. The first kappa shape index (κ1) is 29.1. The maximum Gasteiger partial charge on any atom is 0.225 e. The second-order valence-electron chi connectivity index (χ2n) is 11.1. The Hall–Kier alpha value is -1.18. The lowest BCUT2D eigenvalue weighted by Gasteiger charge is -2.40. The van der Waals surface area contributed by atoms with Gasteiger partial charge in [0.25, 0.3) is 0 Å². The number of carbonyl (C=O) groups excluding carboxylic acids is 2. The molecule has 6 unspecified atom stereocenters. The molecule has 198 valence electrons. The van der Waals surface area contributed by atoms with Crippen LogP contribution in [0.3, 0.4) is 0 Å². The molecule has 2 aliphatic rings. The van der Waals surface area contributed by atoms with Crippen LogP contribution in [0.1, 0.15) is 72.6 Å². The summed E-state index contributed by atoms with van der Waals surface area (Å²) in [5.74, 6) is 1.26. The van der Waals surface area contributed by atoms with Gasteiger partial charge in [0, 0.05) is 40.8 Å². The molecule has 2 aliphatic heterocycles. The second kappa shape index (κ2) is 13.8. The number of ether oxygens (including phenoxy) is 2. The summed E-state index contributed by atoms with van der Waals surface area (Å²) in [7, 11) is 7.46. The first-order valence-electron chi connectivity index (χ1n) is 13.4. The molecule has 0 bridgehead atoms. The van der Waals surface area contributed by atoms with Gasteiger partial charge in [-0.05, 0) is 57.0 Å². The van der Waals surface area contributed by atoms with Crippen molar-refractivity contribution >= 4 is 11.8 Å². The molecule has 7 heteroatoms. The summed E-state index contributed by atoms with van der Waals surface area (Å²) in [4.78, 5) is 33.1. The molecule has 2 amide bonds. The minimum absolute atomic E-state index is 0.0377. The molecular formula is C27H51N3O4. The van der Waals surface area contributed by atoms with Gasteiger partial charge in [-0.3, -0.25) is 9.59 Å². The van der Waals surface area contributed by atoms with Gasteiger partial charge >= 0.3 is 0 Å². The van der Waals surface area contributed by atoms with Gasteiger partial charge in [0.15, 0.2) is 0 Å². The highest BCUT2D eigenvalue weighted by molar-refractivity contribution is 5.79. The molecule has 2 heterocycles. The maximum absolute atomic E-state index is 13.5. The van der Waals surface area contributed by atoms with Crippen LogP contribution >= 0.6 is 0 Å². The van der Waals surface area contributed by atoms with Gasteiger partial charge in [0.1, 0.15) is 0 Å². The van der Waals surface area contributed by atoms with Crippen molar-refractivity contribution in [3.05, 3.63) is 0 Å². The lowest BCUT2D eigenvalue weighted by Crippen LogP contribution is -2.52. The van der Waals surface area contributed by atoms with E-state index in [0.717, 1.165) is 51.7 Å². The molecule has 0 radical (unpaired) electrons. The highest BCUT2D eigenvalue weighted by atomic mass is 16.5. The van der Waals surface area contributed by atoms with E-state index in [0.29, 0.717) is 24.7 Å². The van der Waals surface area contributed by atoms with E-state index in [4.69, 9.17) is 9.47 Å². The number of methoxy groups -OCH3 is 2. The van der Waals surface area contributed by atoms with E-state index in [-0.39, 0.29) is 42.0 Å². The number of likely N-dealkylation sites (tertiary alicyclic amines) is 2. The van der Waals surface area contributed by atoms with Crippen LogP contribution in [0.4, 0.5) is 0 Å². The Morgan fingerprint density at radius 2 is 1.74 bits per heavy atom. The van der Waals surface area contributed by atoms with Crippen LogP contribution in [0.15, 0.2) is 0 Å². The van der Waals surface area contributed by atoms with Crippen LogP contribution in [-0.2, 0) is 19.1 Å². The molecule has 0 aliphatic carbocycles. The van der Waals surface area contributed by atoms with E-state index in [2.05, 4.69) is 39.6 Å². The summed E-state index contributed by atoms with van der Waals surface area (Å²) in [6.07, 6.45) is 5.73. The smallest absolute Gasteiger partial charge is 0.225 e. The molecule has 2 saturated heterocycles. The van der Waals surface area contributed by atoms with Crippen molar-refractivity contribution in [3.8, 4) is 0 Å². The number of amides is 2. The largest absolute Gasteiger partial charge is 0.379 e. The molecule has 34 heavy (non-hydrogen) atoms. The van der Waals surface area contributed by atoms with Gasteiger partial charge in [-0.25, -0.2) is 0 Å². The average Bonchev–Trinajstić information content (AvgIpc) is 3.27. The zero-order valence-corrected chi connectivity index (χ0v) is 23.1. The molecule has 7 nitrogen and oxygen atoms in total. The minimum atomic E-state index is -0.327. The van der Waals surface area contributed by atoms with Gasteiger partial charge in [-0.2, -0.15) is 0 Å². The number of nitrogens with zero attached hydrogens (tertiary/aromatic N) is 3. The topological polar surface area (TPSA) is 62.3 Å². The maximum atomic E-state index is 13.5. The number of piperidine rings is 1. The first-order chi connectivity index (χ1) is 16.1. The summed E-state index contributed by atoms with van der Waals surface area (Å²) in [5.41, 5.74) is 0. The monoisotopic (exact) mass is 481 g/mol. The van der Waals surface area contributed by atoms with Crippen molar-refractivity contribution in [2.24, 2.45) is 17.8 Å². The number of likely N-dealkylation sites (N-methyl/N-ethyl adjacent to an activating group) is 1. The molecule has 6 atom stereocenters. The third-order valence-corrected chi connectivity index (χ3v) is 8.24. The summed E-state index contributed by atoms with van der Waals surface area (Å²) < 4.78 is 11.7. The van der Waals surface area contributed by atoms with Crippen LogP contribution in [0.5, 0.6) is 0 Å². The minimum Gasteiger partial charge on any atom is -0.379 e. The fourth-order valence-corrected chi connectivity index (χ4v) is 6.19. The number of hydrogen-bond donors (Lipinski definition) is 0. The van der Waals surface area contributed by atoms with Crippen molar-refractivity contribution in [2.45, 2.75) is 96.9 Å². The zero-order chi connectivity index (χ0) is 25.4. The van der Waals surface area contributed by atoms with Gasteiger partial charge in [0.2, 0.25) is 11.8 Å². The van der Waals surface area contributed by atoms with Crippen LogP contribution in [0.25, 0.3) is 0 Å². The quantitative estimate of drug-likeness (QED) is 0.426. The Morgan fingerprint density at radius 3 is 2.29 bits per heavy atom. The molecular weight excluding hydrogens is 430 g/mol. The zero-order valence-electron chi connectivity index (χ0n) is 23.1. The highest BCUT2D eigenvalue weighted by Crippen LogP contribution is 2.29. The predicted molar refractivity (Wildman–Crippen MR) is 137 cm³/mol. The molecule has 2 fully saturated rings. The van der Waals surface area contributed by atoms with Crippen LogP contribution in [0, 0.1) is 17.8 Å². The molecule has 0 saturated carbocycles. The van der Waals surface area contributed by atoms with E-state index in [9.17, 15) is 9.59 Å². The lowest BCUT2D eigenvalue weighted by atomic mass is 9.89. The Balaban J connectivity index is 2.12. The first-order valence-corrected chi connectivity index (χ1v) is 13.4. The number of rotatable bonds is 12. The highest BCUT2D eigenvalue weighted by Gasteiger charge is 2.40. The van der Waals surface area contributed by atoms with E-state index < -0.39 is 0 Å². The van der Waals surface area contributed by atoms with E-state index in [1.165, 1.54) is 0 Å². The fourth-order valence-electron chi connectivity index (χ4n) is 6.19. The molecule has 2 rings (SSSR count). The lowest BCUT2D eigenvalue weighted by molar-refractivity contribution is -0.145. The molecule has 0 aromatic carbocycles. The van der Waals surface area contributed by atoms with E-state index >= 15 is 0 Å². The van der Waals surface area contributed by atoms with Crippen LogP contribution < -0.4 is 0 Å². The SMILES string of the molecule is CCC(C)C(C(CC(=O)N1CCCC1C(OC)C(C)C)OC)N(C)C(=O)CC1CCCN(C)C1. The standard InChI is InChI=1S/C27H51N3O4/c1-9-20(4)26(29(6)24(31)16-21-12-10-14-28(5)18-21)23(33-7)17-25(32)30-15-11-13-22(30)27(34-8)19(2)3/h19-23,26-27H,9-18H2,1-8H3. The van der Waals surface area contributed by atoms with Crippen LogP contribution in [-0.4, -0.2) is 98.8 Å². The van der Waals surface area contributed by atoms with Gasteiger partial charge in [-0.15, -0.1) is 0 Å². The summed E-state index contributed by atoms with van der Waals surface area (Å²) in [6.45, 7) is 11.5. The Bertz CT molecular complexity index is 643. The third kappa shape index (κ3) is 7.41. The normalized spacial score (nSPS) is 25.3. The fraction of sp³-hybridized carbons (Fsp3) is 0.926. The van der Waals surface area contributed by atoms with E-state index in [1.807, 2.05) is 16.8 Å². The summed E-state index contributed by atoms with van der Waals surface area (Å²) >= 11 is 0. The number of hydrogen-bond acceptors (Lipinski definition) is 5. The van der Waals surface area contributed by atoms with Gasteiger partial charge in [-0.1, -0.05) is 34.1 Å². The van der Waals surface area contributed by atoms with Crippen molar-refractivity contribution in [2.75, 3.05) is 47.9 Å². The summed E-state index contributed by atoms with van der Waals surface area (Å²) in [6, 6.07) is -0.0168. The summed E-state index contributed by atoms with van der Waals surface area (Å²) in [5, 5.41) is 0. The van der Waals surface area contributed by atoms with Crippen molar-refractivity contribution in [1.82, 2.24) is 14.7 Å². The molecule has 0 spiro atoms. The van der Waals surface area contributed by atoms with Gasteiger partial charge in [0.05, 0.1) is 30.7 Å². The van der Waals surface area contributed by atoms with Crippen molar-refractivity contribution < 1.29 is 19.1 Å².